The molecule has 0 aliphatic carbocycles. The number of hydrogen-bond donors (Lipinski definition) is 2. The summed E-state index contributed by atoms with van der Waals surface area (Å²) in [7, 11) is -3.36. The molecule has 0 saturated carbocycles. The average Bonchev–Trinajstić information content (AvgIpc) is 2.59. The first-order valence-electron chi connectivity index (χ1n) is 4.96. The maximum absolute atomic E-state index is 10.7. The fraction of sp³-hybridized carbons (Fsp3) is 0.750. The summed E-state index contributed by atoms with van der Waals surface area (Å²) in [6.07, 6.45) is 0.468. The number of nitrogens with two attached hydrogens (primary N) is 1. The van der Waals surface area contributed by atoms with E-state index in [1.807, 2.05) is 13.8 Å². The number of nitrogens with one attached hydrogen (secondary N) is 1. The Bertz CT molecular complexity index is 427. The van der Waals surface area contributed by atoms with Crippen LogP contribution >= 0.6 is 11.5 Å². The molecule has 3 N–H and O–H groups in total. The van der Waals surface area contributed by atoms with Gasteiger partial charge in [-0.15, -0.1) is 0 Å². The maximum Gasteiger partial charge on any atom is 0.209 e. The fourth-order valence-electron chi connectivity index (χ4n) is 1.01. The van der Waals surface area contributed by atoms with Crippen LogP contribution < -0.4 is 10.5 Å². The van der Waals surface area contributed by atoms with E-state index < -0.39 is 10.0 Å². The Morgan fingerprint density at radius 1 is 1.50 bits per heavy atom. The molecule has 0 atom stereocenters. The number of aromatic nitrogens is 2. The molecule has 1 rings (SSSR count). The van der Waals surface area contributed by atoms with E-state index in [1.165, 1.54) is 11.5 Å². The van der Waals surface area contributed by atoms with Crippen molar-refractivity contribution in [3.05, 3.63) is 5.82 Å². The Morgan fingerprint density at radius 2 is 2.19 bits per heavy atom. The summed E-state index contributed by atoms with van der Waals surface area (Å²) in [6.45, 7) is 4.57. The largest absolute Gasteiger partial charge is 0.360 e. The molecule has 1 heterocycles. The molecule has 0 saturated heterocycles. The highest BCUT2D eigenvalue weighted by molar-refractivity contribution is 7.89. The molecular formula is C8H16N4O2S2. The van der Waals surface area contributed by atoms with Gasteiger partial charge in [0.25, 0.3) is 0 Å². The lowest BCUT2D eigenvalue weighted by molar-refractivity contribution is 0.596. The molecule has 16 heavy (non-hydrogen) atoms. The highest BCUT2D eigenvalue weighted by Crippen LogP contribution is 2.16. The molecule has 1 aromatic heterocycles. The summed E-state index contributed by atoms with van der Waals surface area (Å²) in [5.74, 6) is 1.09. The predicted molar refractivity (Wildman–Crippen MR) is 65.1 cm³/mol. The Hall–Kier alpha value is -0.730. The number of rotatable bonds is 6. The van der Waals surface area contributed by atoms with Crippen molar-refractivity contribution in [2.24, 2.45) is 5.14 Å². The molecule has 8 heteroatoms. The van der Waals surface area contributed by atoms with Gasteiger partial charge in [0.15, 0.2) is 0 Å². The quantitative estimate of drug-likeness (QED) is 0.739. The van der Waals surface area contributed by atoms with E-state index in [4.69, 9.17) is 5.14 Å². The normalized spacial score (nSPS) is 12.0. The molecule has 0 amide bonds. The molecule has 0 spiro atoms. The van der Waals surface area contributed by atoms with E-state index in [-0.39, 0.29) is 5.75 Å². The lowest BCUT2D eigenvalue weighted by Gasteiger charge is -2.00. The molecule has 92 valence electrons. The summed E-state index contributed by atoms with van der Waals surface area (Å²) < 4.78 is 25.5. The van der Waals surface area contributed by atoms with Crippen molar-refractivity contribution in [3.8, 4) is 0 Å². The smallest absolute Gasteiger partial charge is 0.209 e. The van der Waals surface area contributed by atoms with E-state index in [2.05, 4.69) is 14.7 Å². The molecule has 0 fully saturated rings. The first kappa shape index (κ1) is 13.3. The van der Waals surface area contributed by atoms with Gasteiger partial charge in [-0.1, -0.05) is 13.8 Å². The van der Waals surface area contributed by atoms with E-state index in [0.717, 1.165) is 11.0 Å². The zero-order valence-electron chi connectivity index (χ0n) is 9.30. The van der Waals surface area contributed by atoms with Crippen LogP contribution in [0.3, 0.4) is 0 Å². The molecule has 0 aromatic carbocycles. The van der Waals surface area contributed by atoms with Crippen LogP contribution in [0.5, 0.6) is 0 Å². The van der Waals surface area contributed by atoms with Crippen molar-refractivity contribution in [2.75, 3.05) is 17.6 Å². The molecule has 6 nitrogen and oxygen atoms in total. The third-order valence-corrected chi connectivity index (χ3v) is 3.38. The highest BCUT2D eigenvalue weighted by atomic mass is 32.2. The van der Waals surface area contributed by atoms with Crippen molar-refractivity contribution in [1.82, 2.24) is 9.36 Å². The third-order valence-electron chi connectivity index (χ3n) is 1.84. The van der Waals surface area contributed by atoms with E-state index in [9.17, 15) is 8.42 Å². The van der Waals surface area contributed by atoms with Crippen LogP contribution in [0, 0.1) is 0 Å². The zero-order chi connectivity index (χ0) is 12.2. The topological polar surface area (TPSA) is 98.0 Å². The van der Waals surface area contributed by atoms with Gasteiger partial charge in [0, 0.05) is 24.0 Å². The minimum Gasteiger partial charge on any atom is -0.360 e. The first-order valence-corrected chi connectivity index (χ1v) is 7.45. The summed E-state index contributed by atoms with van der Waals surface area (Å²) in [6, 6.07) is 0. The van der Waals surface area contributed by atoms with Gasteiger partial charge in [0.1, 0.15) is 5.82 Å². The van der Waals surface area contributed by atoms with Gasteiger partial charge < -0.3 is 5.32 Å². The number of sulfonamides is 1. The third kappa shape index (κ3) is 4.86. The van der Waals surface area contributed by atoms with Crippen LogP contribution in [0.2, 0.25) is 0 Å². The highest BCUT2D eigenvalue weighted by Gasteiger charge is 2.07. The molecule has 0 aliphatic heterocycles. The summed E-state index contributed by atoms with van der Waals surface area (Å²) in [4.78, 5) is 4.26. The predicted octanol–water partition coefficient (Wildman–Crippen LogP) is 0.752. The minimum absolute atomic E-state index is 0.0180. The van der Waals surface area contributed by atoms with Crippen molar-refractivity contribution < 1.29 is 8.42 Å². The lowest BCUT2D eigenvalue weighted by atomic mass is 10.2. The molecule has 0 radical (unpaired) electrons. The van der Waals surface area contributed by atoms with Crippen molar-refractivity contribution in [2.45, 2.75) is 26.2 Å². The minimum atomic E-state index is -3.36. The van der Waals surface area contributed by atoms with E-state index >= 15 is 0 Å². The molecular weight excluding hydrogens is 248 g/mol. The van der Waals surface area contributed by atoms with Crippen molar-refractivity contribution in [3.63, 3.8) is 0 Å². The van der Waals surface area contributed by atoms with E-state index in [0.29, 0.717) is 18.9 Å². The van der Waals surface area contributed by atoms with Gasteiger partial charge in [0.2, 0.25) is 15.2 Å². The molecule has 1 aromatic rings. The van der Waals surface area contributed by atoms with Crippen LogP contribution in [0.15, 0.2) is 0 Å². The Morgan fingerprint density at radius 3 is 2.69 bits per heavy atom. The second-order valence-corrected chi connectivity index (χ2v) is 6.25. The van der Waals surface area contributed by atoms with Crippen LogP contribution in [0.1, 0.15) is 32.0 Å². The summed E-state index contributed by atoms with van der Waals surface area (Å²) >= 11 is 1.28. The van der Waals surface area contributed by atoms with Crippen LogP contribution in [0.4, 0.5) is 5.13 Å². The monoisotopic (exact) mass is 264 g/mol. The molecule has 0 aliphatic rings. The Balaban J connectivity index is 2.32. The number of nitrogens with zero attached hydrogens (tertiary/aromatic N) is 2. The number of anilines is 1. The van der Waals surface area contributed by atoms with Gasteiger partial charge in [-0.3, -0.25) is 0 Å². The van der Waals surface area contributed by atoms with Gasteiger partial charge in [-0.25, -0.2) is 18.5 Å². The molecule has 0 unspecified atom stereocenters. The zero-order valence-corrected chi connectivity index (χ0v) is 10.9. The lowest BCUT2D eigenvalue weighted by Crippen LogP contribution is -2.18. The molecule has 0 bridgehead atoms. The van der Waals surface area contributed by atoms with Crippen LogP contribution in [0.25, 0.3) is 0 Å². The second kappa shape index (κ2) is 5.55. The fourth-order valence-corrected chi connectivity index (χ4v) is 2.29. The van der Waals surface area contributed by atoms with Crippen LogP contribution in [-0.2, 0) is 10.0 Å². The number of hydrogen-bond acceptors (Lipinski definition) is 6. The first-order chi connectivity index (χ1) is 7.38. The standard InChI is InChI=1S/C8H16N4O2S2/c1-6(2)7-11-8(15-12-7)10-4-3-5-16(9,13)14/h6H,3-5H2,1-2H3,(H2,9,13,14)(H,10,11,12). The Kier molecular flexibility index (Phi) is 4.63. The van der Waals surface area contributed by atoms with Gasteiger partial charge >= 0.3 is 0 Å². The second-order valence-electron chi connectivity index (χ2n) is 3.76. The summed E-state index contributed by atoms with van der Waals surface area (Å²) in [5.41, 5.74) is 0. The van der Waals surface area contributed by atoms with Gasteiger partial charge in [-0.05, 0) is 6.42 Å². The van der Waals surface area contributed by atoms with Gasteiger partial charge in [0.05, 0.1) is 5.75 Å². The SMILES string of the molecule is CC(C)c1nsc(NCCCS(N)(=O)=O)n1. The van der Waals surface area contributed by atoms with Crippen molar-refractivity contribution >= 4 is 26.7 Å². The summed E-state index contributed by atoms with van der Waals surface area (Å²) in [5, 5.41) is 8.62. The Labute approximate surface area is 99.5 Å². The maximum atomic E-state index is 10.7. The average molecular weight is 264 g/mol. The van der Waals surface area contributed by atoms with Crippen LogP contribution in [-0.4, -0.2) is 30.1 Å². The van der Waals surface area contributed by atoms with Gasteiger partial charge in [-0.2, -0.15) is 4.37 Å². The van der Waals surface area contributed by atoms with E-state index in [1.54, 1.807) is 0 Å². The van der Waals surface area contributed by atoms with Crippen molar-refractivity contribution in [1.29, 1.82) is 0 Å². The number of primary sulfonamides is 1.